The molecule has 2 bridgehead atoms. The zero-order valence-electron chi connectivity index (χ0n) is 14.3. The number of benzene rings is 1. The smallest absolute Gasteiger partial charge is 0.306 e. The second-order valence-corrected chi connectivity index (χ2v) is 7.05. The lowest BCUT2D eigenvalue weighted by atomic mass is 9.86. The van der Waals surface area contributed by atoms with Crippen LogP contribution in [0.3, 0.4) is 0 Å². The third-order valence-corrected chi connectivity index (χ3v) is 5.31. The highest BCUT2D eigenvalue weighted by atomic mass is 16.5. The highest BCUT2D eigenvalue weighted by Gasteiger charge is 2.40. The summed E-state index contributed by atoms with van der Waals surface area (Å²) in [6.45, 7) is 1.68. The first-order chi connectivity index (χ1) is 11.5. The SMILES string of the molecule is COc1ccc(C)cc1NC(=O)COC(=O)C[C@@H]1C[C@H]2CC[C@@H]1C2. The molecule has 2 aliphatic carbocycles. The van der Waals surface area contributed by atoms with Gasteiger partial charge in [-0.1, -0.05) is 12.5 Å². The Morgan fingerprint density at radius 2 is 2.08 bits per heavy atom. The molecule has 0 aliphatic heterocycles. The van der Waals surface area contributed by atoms with Crippen molar-refractivity contribution in [3.8, 4) is 5.75 Å². The molecule has 1 amide bonds. The number of aryl methyl sites for hydroxylation is 1. The van der Waals surface area contributed by atoms with Gasteiger partial charge in [0.05, 0.1) is 12.8 Å². The van der Waals surface area contributed by atoms with Crippen molar-refractivity contribution in [3.63, 3.8) is 0 Å². The number of ether oxygens (including phenoxy) is 2. The van der Waals surface area contributed by atoms with Gasteiger partial charge in [-0.15, -0.1) is 0 Å². The number of hydrogen-bond donors (Lipinski definition) is 1. The van der Waals surface area contributed by atoms with E-state index in [0.717, 1.165) is 17.9 Å². The lowest BCUT2D eigenvalue weighted by molar-refractivity contribution is -0.148. The van der Waals surface area contributed by atoms with E-state index in [9.17, 15) is 9.59 Å². The molecule has 5 heteroatoms. The minimum Gasteiger partial charge on any atom is -0.495 e. The lowest BCUT2D eigenvalue weighted by Crippen LogP contribution is -2.23. The van der Waals surface area contributed by atoms with Gasteiger partial charge in [0.2, 0.25) is 0 Å². The molecule has 0 saturated heterocycles. The summed E-state index contributed by atoms with van der Waals surface area (Å²) < 4.78 is 10.4. The monoisotopic (exact) mass is 331 g/mol. The fraction of sp³-hybridized carbons (Fsp3) is 0.579. The summed E-state index contributed by atoms with van der Waals surface area (Å²) in [4.78, 5) is 24.0. The predicted molar refractivity (Wildman–Crippen MR) is 90.9 cm³/mol. The maximum absolute atomic E-state index is 12.0. The van der Waals surface area contributed by atoms with Crippen molar-refractivity contribution in [2.24, 2.45) is 17.8 Å². The first-order valence-electron chi connectivity index (χ1n) is 8.65. The molecule has 130 valence electrons. The number of nitrogens with one attached hydrogen (secondary N) is 1. The number of amides is 1. The number of carbonyl (C=O) groups excluding carboxylic acids is 2. The number of carbonyl (C=O) groups is 2. The molecule has 2 saturated carbocycles. The summed E-state index contributed by atoms with van der Waals surface area (Å²) in [6, 6.07) is 5.53. The Hall–Kier alpha value is -2.04. The Labute approximate surface area is 142 Å². The molecule has 2 aliphatic rings. The molecule has 1 aromatic carbocycles. The van der Waals surface area contributed by atoms with Crippen LogP contribution in [0.5, 0.6) is 5.75 Å². The highest BCUT2D eigenvalue weighted by Crippen LogP contribution is 2.49. The maximum Gasteiger partial charge on any atom is 0.306 e. The molecule has 3 atom stereocenters. The molecule has 5 nitrogen and oxygen atoms in total. The quantitative estimate of drug-likeness (QED) is 0.812. The van der Waals surface area contributed by atoms with Crippen LogP contribution in [0.4, 0.5) is 5.69 Å². The number of hydrogen-bond acceptors (Lipinski definition) is 4. The van der Waals surface area contributed by atoms with Crippen molar-refractivity contribution in [1.82, 2.24) is 0 Å². The summed E-state index contributed by atoms with van der Waals surface area (Å²) in [5, 5.41) is 2.74. The predicted octanol–water partition coefficient (Wildman–Crippen LogP) is 3.31. The second kappa shape index (κ2) is 7.24. The van der Waals surface area contributed by atoms with Crippen LogP contribution < -0.4 is 10.1 Å². The summed E-state index contributed by atoms with van der Waals surface area (Å²) in [5.41, 5.74) is 1.60. The van der Waals surface area contributed by atoms with Gasteiger partial charge in [0.15, 0.2) is 6.61 Å². The van der Waals surface area contributed by atoms with E-state index in [1.807, 2.05) is 19.1 Å². The van der Waals surface area contributed by atoms with E-state index in [0.29, 0.717) is 29.7 Å². The van der Waals surface area contributed by atoms with Crippen molar-refractivity contribution in [1.29, 1.82) is 0 Å². The van der Waals surface area contributed by atoms with Crippen molar-refractivity contribution in [2.75, 3.05) is 19.0 Å². The minimum atomic E-state index is -0.347. The Morgan fingerprint density at radius 1 is 1.25 bits per heavy atom. The molecule has 0 aromatic heterocycles. The Kier molecular flexibility index (Phi) is 5.07. The normalized spacial score (nSPS) is 24.7. The van der Waals surface area contributed by atoms with Crippen LogP contribution in [0, 0.1) is 24.7 Å². The number of esters is 1. The second-order valence-electron chi connectivity index (χ2n) is 7.05. The molecular formula is C19H25NO4. The Morgan fingerprint density at radius 3 is 2.75 bits per heavy atom. The summed E-state index contributed by atoms with van der Waals surface area (Å²) in [6.07, 6.45) is 5.42. The van der Waals surface area contributed by atoms with E-state index in [1.54, 1.807) is 13.2 Å². The minimum absolute atomic E-state index is 0.253. The van der Waals surface area contributed by atoms with Crippen LogP contribution in [-0.4, -0.2) is 25.6 Å². The van der Waals surface area contributed by atoms with Gasteiger partial charge in [-0.3, -0.25) is 9.59 Å². The average molecular weight is 331 g/mol. The van der Waals surface area contributed by atoms with Crippen molar-refractivity contribution in [3.05, 3.63) is 23.8 Å². The fourth-order valence-electron chi connectivity index (χ4n) is 4.15. The largest absolute Gasteiger partial charge is 0.495 e. The molecule has 1 aromatic rings. The number of methoxy groups -OCH3 is 1. The average Bonchev–Trinajstić information content (AvgIpc) is 3.16. The van der Waals surface area contributed by atoms with Gasteiger partial charge in [0.25, 0.3) is 5.91 Å². The van der Waals surface area contributed by atoms with Crippen molar-refractivity contribution >= 4 is 17.6 Å². The standard InChI is InChI=1S/C19H25NO4/c1-12-3-6-17(23-2)16(7-12)20-18(21)11-24-19(22)10-15-9-13-4-5-14(15)8-13/h3,6-7,13-15H,4-5,8-11H2,1-2H3,(H,20,21)/t13-,14+,15-/m0/s1. The van der Waals surface area contributed by atoms with Crippen molar-refractivity contribution < 1.29 is 19.1 Å². The van der Waals surface area contributed by atoms with E-state index < -0.39 is 0 Å². The Bertz CT molecular complexity index is 628. The van der Waals surface area contributed by atoms with Gasteiger partial charge in [0.1, 0.15) is 5.75 Å². The number of fused-ring (bicyclic) bond motifs is 2. The van der Waals surface area contributed by atoms with Gasteiger partial charge < -0.3 is 14.8 Å². The van der Waals surface area contributed by atoms with Crippen LogP contribution in [0.1, 0.15) is 37.7 Å². The van der Waals surface area contributed by atoms with E-state index in [1.165, 1.54) is 19.3 Å². The number of rotatable bonds is 6. The summed E-state index contributed by atoms with van der Waals surface area (Å²) in [7, 11) is 1.55. The number of anilines is 1. The first-order valence-corrected chi connectivity index (χ1v) is 8.65. The zero-order valence-corrected chi connectivity index (χ0v) is 14.3. The van der Waals surface area contributed by atoms with Gasteiger partial charge in [-0.2, -0.15) is 0 Å². The molecule has 0 heterocycles. The van der Waals surface area contributed by atoms with Gasteiger partial charge in [0, 0.05) is 6.42 Å². The lowest BCUT2D eigenvalue weighted by Gasteiger charge is -2.20. The molecule has 2 fully saturated rings. The van der Waals surface area contributed by atoms with Gasteiger partial charge >= 0.3 is 5.97 Å². The maximum atomic E-state index is 12.0. The molecular weight excluding hydrogens is 306 g/mol. The zero-order chi connectivity index (χ0) is 17.1. The summed E-state index contributed by atoms with van der Waals surface area (Å²) >= 11 is 0. The fourth-order valence-corrected chi connectivity index (χ4v) is 4.15. The van der Waals surface area contributed by atoms with Crippen LogP contribution in [0.15, 0.2) is 18.2 Å². The Balaban J connectivity index is 1.45. The third-order valence-electron chi connectivity index (χ3n) is 5.31. The molecule has 0 unspecified atom stereocenters. The van der Waals surface area contributed by atoms with Crippen LogP contribution in [-0.2, 0) is 14.3 Å². The van der Waals surface area contributed by atoms with E-state index in [4.69, 9.17) is 9.47 Å². The van der Waals surface area contributed by atoms with E-state index in [-0.39, 0.29) is 18.5 Å². The van der Waals surface area contributed by atoms with Crippen molar-refractivity contribution in [2.45, 2.75) is 39.0 Å². The van der Waals surface area contributed by atoms with Crippen LogP contribution in [0.25, 0.3) is 0 Å². The molecule has 0 spiro atoms. The van der Waals surface area contributed by atoms with Crippen LogP contribution in [0.2, 0.25) is 0 Å². The molecule has 24 heavy (non-hydrogen) atoms. The van der Waals surface area contributed by atoms with Gasteiger partial charge in [-0.25, -0.2) is 0 Å². The topological polar surface area (TPSA) is 64.6 Å². The molecule has 1 N–H and O–H groups in total. The summed E-state index contributed by atoms with van der Waals surface area (Å²) in [5.74, 6) is 1.93. The van der Waals surface area contributed by atoms with E-state index in [2.05, 4.69) is 5.32 Å². The highest BCUT2D eigenvalue weighted by molar-refractivity contribution is 5.94. The van der Waals surface area contributed by atoms with E-state index >= 15 is 0 Å². The third kappa shape index (κ3) is 3.89. The first kappa shape index (κ1) is 16.8. The van der Waals surface area contributed by atoms with Gasteiger partial charge in [-0.05, 0) is 61.6 Å². The van der Waals surface area contributed by atoms with Crippen LogP contribution >= 0.6 is 0 Å². The molecule has 0 radical (unpaired) electrons. The molecule has 3 rings (SSSR count).